The first-order valence-corrected chi connectivity index (χ1v) is 6.74. The number of hydrogen-bond acceptors (Lipinski definition) is 5. The monoisotopic (exact) mass is 292 g/mol. The van der Waals surface area contributed by atoms with Crippen LogP contribution in [0.4, 0.5) is 11.4 Å². The number of morpholine rings is 1. The molecule has 1 aromatic carbocycles. The van der Waals surface area contributed by atoms with Crippen LogP contribution >= 0.6 is 0 Å². The number of ether oxygens (including phenoxy) is 1. The highest BCUT2D eigenvalue weighted by Gasteiger charge is 2.28. The number of rotatable bonds is 4. The van der Waals surface area contributed by atoms with Crippen LogP contribution in [0.5, 0.6) is 0 Å². The Morgan fingerprint density at radius 1 is 1.48 bits per heavy atom. The molecule has 1 fully saturated rings. The number of nitrogens with two attached hydrogens (primary N) is 2. The summed E-state index contributed by atoms with van der Waals surface area (Å²) in [6, 6.07) is 4.77. The first kappa shape index (κ1) is 15.3. The van der Waals surface area contributed by atoms with E-state index >= 15 is 0 Å². The number of nitrogen functional groups attached to an aromatic ring is 1. The van der Waals surface area contributed by atoms with Crippen LogP contribution in [0.15, 0.2) is 18.2 Å². The molecule has 1 atom stereocenters. The van der Waals surface area contributed by atoms with Gasteiger partial charge in [-0.25, -0.2) is 0 Å². The normalized spacial score (nSPS) is 19.2. The number of amides is 2. The fourth-order valence-electron chi connectivity index (χ4n) is 2.19. The fraction of sp³-hybridized carbons (Fsp3) is 0.429. The molecule has 5 N–H and O–H groups in total. The quantitative estimate of drug-likeness (QED) is 0.660. The van der Waals surface area contributed by atoms with Gasteiger partial charge in [0, 0.05) is 17.9 Å². The molecular formula is C14H20N4O3. The summed E-state index contributed by atoms with van der Waals surface area (Å²) < 4.78 is 5.21. The van der Waals surface area contributed by atoms with Crippen LogP contribution in [0, 0.1) is 6.92 Å². The largest absolute Gasteiger partial charge is 0.398 e. The SMILES string of the molecule is Cc1ccc(NC(=O)CN2CCOCC2C(N)=O)cc1N. The van der Waals surface area contributed by atoms with E-state index in [4.69, 9.17) is 16.2 Å². The second kappa shape index (κ2) is 6.55. The Hall–Kier alpha value is -2.12. The van der Waals surface area contributed by atoms with Gasteiger partial charge >= 0.3 is 0 Å². The lowest BCUT2D eigenvalue weighted by Gasteiger charge is -2.32. The van der Waals surface area contributed by atoms with Gasteiger partial charge in [-0.15, -0.1) is 0 Å². The lowest BCUT2D eigenvalue weighted by Crippen LogP contribution is -2.54. The van der Waals surface area contributed by atoms with Crippen LogP contribution in [-0.2, 0) is 14.3 Å². The van der Waals surface area contributed by atoms with Gasteiger partial charge in [0.1, 0.15) is 6.04 Å². The van der Waals surface area contributed by atoms with Crippen molar-refractivity contribution in [3.63, 3.8) is 0 Å². The lowest BCUT2D eigenvalue weighted by molar-refractivity contribution is -0.131. The number of benzene rings is 1. The van der Waals surface area contributed by atoms with Gasteiger partial charge < -0.3 is 21.5 Å². The maximum absolute atomic E-state index is 12.1. The van der Waals surface area contributed by atoms with E-state index in [1.165, 1.54) is 0 Å². The van der Waals surface area contributed by atoms with Crippen LogP contribution in [-0.4, -0.2) is 49.1 Å². The summed E-state index contributed by atoms with van der Waals surface area (Å²) in [5.41, 5.74) is 13.3. The number of aryl methyl sites for hydroxylation is 1. The average Bonchev–Trinajstić information content (AvgIpc) is 2.43. The zero-order valence-electron chi connectivity index (χ0n) is 12.0. The molecule has 1 heterocycles. The van der Waals surface area contributed by atoms with E-state index in [0.29, 0.717) is 24.5 Å². The number of carbonyl (C=O) groups excluding carboxylic acids is 2. The van der Waals surface area contributed by atoms with Gasteiger partial charge in [0.2, 0.25) is 11.8 Å². The molecule has 21 heavy (non-hydrogen) atoms. The lowest BCUT2D eigenvalue weighted by atomic mass is 10.2. The third kappa shape index (κ3) is 3.93. The number of primary amides is 1. The van der Waals surface area contributed by atoms with Crippen molar-refractivity contribution in [2.24, 2.45) is 5.73 Å². The molecule has 0 aliphatic carbocycles. The summed E-state index contributed by atoms with van der Waals surface area (Å²) in [5.74, 6) is -0.700. The van der Waals surface area contributed by atoms with Crippen LogP contribution in [0.2, 0.25) is 0 Å². The molecule has 2 amide bonds. The number of carbonyl (C=O) groups is 2. The second-order valence-corrected chi connectivity index (χ2v) is 5.08. The number of anilines is 2. The minimum atomic E-state index is -0.562. The topological polar surface area (TPSA) is 111 Å². The molecule has 114 valence electrons. The average molecular weight is 292 g/mol. The van der Waals surface area contributed by atoms with Crippen LogP contribution in [0.3, 0.4) is 0 Å². The Morgan fingerprint density at radius 3 is 2.90 bits per heavy atom. The van der Waals surface area contributed by atoms with E-state index < -0.39 is 11.9 Å². The predicted molar refractivity (Wildman–Crippen MR) is 79.6 cm³/mol. The number of nitrogens with one attached hydrogen (secondary N) is 1. The van der Waals surface area contributed by atoms with Crippen molar-refractivity contribution < 1.29 is 14.3 Å². The summed E-state index contributed by atoms with van der Waals surface area (Å²) in [6.45, 7) is 3.18. The maximum atomic E-state index is 12.1. The van der Waals surface area contributed by atoms with E-state index in [1.807, 2.05) is 13.0 Å². The summed E-state index contributed by atoms with van der Waals surface area (Å²) in [7, 11) is 0. The Bertz CT molecular complexity index is 547. The molecule has 0 radical (unpaired) electrons. The minimum Gasteiger partial charge on any atom is -0.398 e. The Morgan fingerprint density at radius 2 is 2.24 bits per heavy atom. The highest BCUT2D eigenvalue weighted by molar-refractivity contribution is 5.93. The molecule has 0 bridgehead atoms. The van der Waals surface area contributed by atoms with E-state index in [0.717, 1.165) is 5.56 Å². The van der Waals surface area contributed by atoms with Crippen molar-refractivity contribution in [3.8, 4) is 0 Å². The van der Waals surface area contributed by atoms with Gasteiger partial charge in [-0.3, -0.25) is 14.5 Å². The highest BCUT2D eigenvalue weighted by atomic mass is 16.5. The highest BCUT2D eigenvalue weighted by Crippen LogP contribution is 2.17. The smallest absolute Gasteiger partial charge is 0.238 e. The van der Waals surface area contributed by atoms with Crippen LogP contribution < -0.4 is 16.8 Å². The van der Waals surface area contributed by atoms with E-state index in [1.54, 1.807) is 17.0 Å². The zero-order valence-corrected chi connectivity index (χ0v) is 12.0. The summed E-state index contributed by atoms with van der Waals surface area (Å²) in [6.07, 6.45) is 0. The molecule has 1 saturated heterocycles. The summed E-state index contributed by atoms with van der Waals surface area (Å²) in [4.78, 5) is 25.1. The third-order valence-corrected chi connectivity index (χ3v) is 3.48. The van der Waals surface area contributed by atoms with Crippen molar-refractivity contribution in [1.29, 1.82) is 0 Å². The van der Waals surface area contributed by atoms with Crippen molar-refractivity contribution in [2.45, 2.75) is 13.0 Å². The Balaban J connectivity index is 1.97. The molecule has 7 nitrogen and oxygen atoms in total. The fourth-order valence-corrected chi connectivity index (χ4v) is 2.19. The first-order valence-electron chi connectivity index (χ1n) is 6.74. The van der Waals surface area contributed by atoms with E-state index in [9.17, 15) is 9.59 Å². The molecular weight excluding hydrogens is 272 g/mol. The molecule has 7 heteroatoms. The number of hydrogen-bond donors (Lipinski definition) is 3. The number of nitrogens with zero attached hydrogens (tertiary/aromatic N) is 1. The van der Waals surface area contributed by atoms with Gasteiger partial charge in [-0.1, -0.05) is 6.07 Å². The van der Waals surface area contributed by atoms with Crippen molar-refractivity contribution in [1.82, 2.24) is 4.90 Å². The van der Waals surface area contributed by atoms with Crippen molar-refractivity contribution >= 4 is 23.2 Å². The molecule has 0 aromatic heterocycles. The predicted octanol–water partition coefficient (Wildman–Crippen LogP) is -0.298. The molecule has 0 spiro atoms. The van der Waals surface area contributed by atoms with Gasteiger partial charge in [0.15, 0.2) is 0 Å². The minimum absolute atomic E-state index is 0.0880. The summed E-state index contributed by atoms with van der Waals surface area (Å²) >= 11 is 0. The first-order chi connectivity index (χ1) is 9.97. The molecule has 0 saturated carbocycles. The molecule has 2 rings (SSSR count). The third-order valence-electron chi connectivity index (χ3n) is 3.48. The van der Waals surface area contributed by atoms with Gasteiger partial charge in [-0.2, -0.15) is 0 Å². The van der Waals surface area contributed by atoms with E-state index in [-0.39, 0.29) is 19.1 Å². The Labute approximate surface area is 123 Å². The maximum Gasteiger partial charge on any atom is 0.238 e. The van der Waals surface area contributed by atoms with Crippen molar-refractivity contribution in [3.05, 3.63) is 23.8 Å². The Kier molecular flexibility index (Phi) is 4.77. The molecule has 1 aliphatic rings. The zero-order chi connectivity index (χ0) is 15.4. The van der Waals surface area contributed by atoms with Gasteiger partial charge in [0.05, 0.1) is 19.8 Å². The van der Waals surface area contributed by atoms with Crippen LogP contribution in [0.1, 0.15) is 5.56 Å². The molecule has 1 aliphatic heterocycles. The standard InChI is InChI=1S/C14H20N4O3/c1-9-2-3-10(6-11(9)15)17-13(19)7-18-4-5-21-8-12(18)14(16)20/h2-3,6,12H,4-5,7-8,15H2,1H3,(H2,16,20)(H,17,19). The summed E-state index contributed by atoms with van der Waals surface area (Å²) in [5, 5.41) is 2.76. The van der Waals surface area contributed by atoms with E-state index in [2.05, 4.69) is 5.32 Å². The second-order valence-electron chi connectivity index (χ2n) is 5.08. The molecule has 1 unspecified atom stereocenters. The van der Waals surface area contributed by atoms with Gasteiger partial charge in [0.25, 0.3) is 0 Å². The molecule has 1 aromatic rings. The van der Waals surface area contributed by atoms with Crippen molar-refractivity contribution in [2.75, 3.05) is 37.4 Å². The van der Waals surface area contributed by atoms with Gasteiger partial charge in [-0.05, 0) is 24.6 Å². The van der Waals surface area contributed by atoms with Crippen LogP contribution in [0.25, 0.3) is 0 Å².